The third-order valence-electron chi connectivity index (χ3n) is 3.68. The van der Waals surface area contributed by atoms with Gasteiger partial charge in [-0.3, -0.25) is 0 Å². The Labute approximate surface area is 145 Å². The second-order valence-electron chi connectivity index (χ2n) is 6.78. The average Bonchev–Trinajstić information content (AvgIpc) is 2.45. The molecule has 0 saturated heterocycles. The van der Waals surface area contributed by atoms with Crippen LogP contribution >= 0.6 is 0 Å². The fourth-order valence-electron chi connectivity index (χ4n) is 2.36. The molecule has 0 aliphatic rings. The molecule has 0 unspecified atom stereocenters. The molecule has 1 heterocycles. The number of phenols is 1. The molecule has 1 aromatic carbocycles. The van der Waals surface area contributed by atoms with Crippen LogP contribution in [0, 0.1) is 0 Å². The van der Waals surface area contributed by atoms with Crippen LogP contribution in [0.4, 0.5) is 0 Å². The Morgan fingerprint density at radius 1 is 1.32 bits per heavy atom. The summed E-state index contributed by atoms with van der Waals surface area (Å²) in [4.78, 5) is 23.2. The van der Waals surface area contributed by atoms with Crippen molar-refractivity contribution in [1.82, 2.24) is 0 Å². The number of fused-ring (bicyclic) bond motifs is 1. The summed E-state index contributed by atoms with van der Waals surface area (Å²) < 4.78 is 10.4. The third kappa shape index (κ3) is 4.93. The summed E-state index contributed by atoms with van der Waals surface area (Å²) in [5.74, 6) is -0.659. The van der Waals surface area contributed by atoms with E-state index in [-0.39, 0.29) is 17.8 Å². The van der Waals surface area contributed by atoms with Gasteiger partial charge >= 0.3 is 11.6 Å². The highest BCUT2D eigenvalue weighted by Gasteiger charge is 2.31. The summed E-state index contributed by atoms with van der Waals surface area (Å²) in [6.07, 6.45) is 0.579. The lowest BCUT2D eigenvalue weighted by Gasteiger charge is -2.29. The van der Waals surface area contributed by atoms with Gasteiger partial charge in [-0.1, -0.05) is 5.57 Å². The van der Waals surface area contributed by atoms with Crippen LogP contribution in [0.1, 0.15) is 33.3 Å². The molecule has 0 radical (unpaired) electrons. The molecule has 0 saturated carbocycles. The van der Waals surface area contributed by atoms with Gasteiger partial charge in [0.05, 0.1) is 5.60 Å². The van der Waals surface area contributed by atoms with Crippen LogP contribution in [0.5, 0.6) is 5.75 Å². The fourth-order valence-corrected chi connectivity index (χ4v) is 2.36. The van der Waals surface area contributed by atoms with Gasteiger partial charge < -0.3 is 19.4 Å². The largest absolute Gasteiger partial charge is 0.508 e. The van der Waals surface area contributed by atoms with Crippen molar-refractivity contribution in [3.63, 3.8) is 0 Å². The summed E-state index contributed by atoms with van der Waals surface area (Å²) in [5, 5.41) is 21.1. The highest BCUT2D eigenvalue weighted by atomic mass is 16.6. The first-order valence-electron chi connectivity index (χ1n) is 7.90. The minimum Gasteiger partial charge on any atom is -0.508 e. The topological polar surface area (TPSA) is 97.0 Å². The van der Waals surface area contributed by atoms with Crippen LogP contribution in [0.3, 0.4) is 0 Å². The van der Waals surface area contributed by atoms with Gasteiger partial charge in [0.2, 0.25) is 0 Å². The monoisotopic (exact) mass is 346 g/mol. The first kappa shape index (κ1) is 18.7. The molecule has 1 atom stereocenters. The molecule has 2 N–H and O–H groups in total. The molecule has 2 rings (SSSR count). The van der Waals surface area contributed by atoms with Gasteiger partial charge in [-0.15, -0.1) is 0 Å². The standard InChI is InChI=1S/C19H22O6/c1-11(2)7-18(22)25-16(19(3,4)23)9-13-8-12-5-6-17(21)24-15(12)10-14(13)20/h5-8,10,16,20,23H,9H2,1-4H3/t16-/m1/s1. The maximum atomic E-state index is 11.9. The molecule has 0 amide bonds. The maximum absolute atomic E-state index is 11.9. The predicted octanol–water partition coefficient (Wildman–Crippen LogP) is 2.69. The van der Waals surface area contributed by atoms with E-state index in [1.54, 1.807) is 26.0 Å². The predicted molar refractivity (Wildman–Crippen MR) is 93.5 cm³/mol. The van der Waals surface area contributed by atoms with E-state index in [1.807, 2.05) is 0 Å². The van der Waals surface area contributed by atoms with Crippen LogP contribution in [0.25, 0.3) is 11.0 Å². The Morgan fingerprint density at radius 2 is 2.00 bits per heavy atom. The van der Waals surface area contributed by atoms with Gasteiger partial charge in [0, 0.05) is 30.0 Å². The number of hydrogen-bond acceptors (Lipinski definition) is 6. The van der Waals surface area contributed by atoms with Crippen molar-refractivity contribution in [2.24, 2.45) is 0 Å². The van der Waals surface area contributed by atoms with Crippen LogP contribution in [-0.2, 0) is 16.0 Å². The first-order chi connectivity index (χ1) is 11.6. The molecule has 0 bridgehead atoms. The highest BCUT2D eigenvalue weighted by Crippen LogP contribution is 2.28. The normalized spacial score (nSPS) is 12.7. The van der Waals surface area contributed by atoms with E-state index in [4.69, 9.17) is 9.15 Å². The van der Waals surface area contributed by atoms with E-state index >= 15 is 0 Å². The summed E-state index contributed by atoms with van der Waals surface area (Å²) >= 11 is 0. The lowest BCUT2D eigenvalue weighted by Crippen LogP contribution is -2.41. The second-order valence-corrected chi connectivity index (χ2v) is 6.78. The van der Waals surface area contributed by atoms with Crippen LogP contribution in [0.15, 0.2) is 45.1 Å². The fraction of sp³-hybridized carbons (Fsp3) is 0.368. The summed E-state index contributed by atoms with van der Waals surface area (Å²) in [5.41, 5.74) is -0.309. The van der Waals surface area contributed by atoms with E-state index in [2.05, 4.69) is 0 Å². The minimum absolute atomic E-state index is 0.102. The van der Waals surface area contributed by atoms with Crippen molar-refractivity contribution in [2.75, 3.05) is 0 Å². The van der Waals surface area contributed by atoms with Gasteiger partial charge in [-0.05, 0) is 45.4 Å². The molecular formula is C19H22O6. The smallest absolute Gasteiger partial charge is 0.336 e. The quantitative estimate of drug-likeness (QED) is 0.491. The number of hydrogen-bond donors (Lipinski definition) is 2. The highest BCUT2D eigenvalue weighted by molar-refractivity contribution is 5.83. The molecule has 0 spiro atoms. The number of aliphatic hydroxyl groups is 1. The molecule has 0 aliphatic carbocycles. The van der Waals surface area contributed by atoms with E-state index in [0.717, 1.165) is 5.57 Å². The lowest BCUT2D eigenvalue weighted by molar-refractivity contribution is -0.155. The molecule has 2 aromatic rings. The van der Waals surface area contributed by atoms with E-state index in [1.165, 1.54) is 32.1 Å². The molecular weight excluding hydrogens is 324 g/mol. The third-order valence-corrected chi connectivity index (χ3v) is 3.68. The van der Waals surface area contributed by atoms with Gasteiger partial charge in [-0.25, -0.2) is 9.59 Å². The molecule has 134 valence electrons. The van der Waals surface area contributed by atoms with Crippen LogP contribution in [0.2, 0.25) is 0 Å². The van der Waals surface area contributed by atoms with Crippen molar-refractivity contribution in [2.45, 2.75) is 45.8 Å². The van der Waals surface area contributed by atoms with Gasteiger partial charge in [-0.2, -0.15) is 0 Å². The number of rotatable bonds is 5. The zero-order chi connectivity index (χ0) is 18.8. The summed E-state index contributed by atoms with van der Waals surface area (Å²) in [7, 11) is 0. The molecule has 6 nitrogen and oxygen atoms in total. The number of benzene rings is 1. The Morgan fingerprint density at radius 3 is 2.60 bits per heavy atom. The number of carbonyl (C=O) groups is 1. The number of carbonyl (C=O) groups excluding carboxylic acids is 1. The number of phenolic OH excluding ortho intramolecular Hbond substituents is 1. The van der Waals surface area contributed by atoms with Crippen molar-refractivity contribution in [3.05, 3.63) is 51.9 Å². The second kappa shape index (κ2) is 7.11. The van der Waals surface area contributed by atoms with Crippen molar-refractivity contribution in [3.8, 4) is 5.75 Å². The van der Waals surface area contributed by atoms with E-state index < -0.39 is 23.3 Å². The molecule has 0 fully saturated rings. The number of aromatic hydroxyl groups is 1. The lowest BCUT2D eigenvalue weighted by atomic mass is 9.94. The van der Waals surface area contributed by atoms with Gasteiger partial charge in [0.25, 0.3) is 0 Å². The van der Waals surface area contributed by atoms with Crippen molar-refractivity contribution in [1.29, 1.82) is 0 Å². The Hall–Kier alpha value is -2.60. The average molecular weight is 346 g/mol. The van der Waals surface area contributed by atoms with E-state index in [9.17, 15) is 19.8 Å². The molecule has 1 aromatic heterocycles. The first-order valence-corrected chi connectivity index (χ1v) is 7.90. The zero-order valence-corrected chi connectivity index (χ0v) is 14.7. The SMILES string of the molecule is CC(C)=CC(=O)O[C@H](Cc1cc2ccc(=O)oc2cc1O)C(C)(C)O. The Bertz CT molecular complexity index is 866. The molecule has 25 heavy (non-hydrogen) atoms. The number of allylic oxidation sites excluding steroid dienone is 1. The van der Waals surface area contributed by atoms with Gasteiger partial charge in [0.1, 0.15) is 17.4 Å². The zero-order valence-electron chi connectivity index (χ0n) is 14.7. The van der Waals surface area contributed by atoms with Crippen LogP contribution in [-0.4, -0.2) is 27.9 Å². The van der Waals surface area contributed by atoms with Crippen molar-refractivity contribution >= 4 is 16.9 Å². The summed E-state index contributed by atoms with van der Waals surface area (Å²) in [6, 6.07) is 5.84. The summed E-state index contributed by atoms with van der Waals surface area (Å²) in [6.45, 7) is 6.60. The van der Waals surface area contributed by atoms with Gasteiger partial charge in [0.15, 0.2) is 0 Å². The Kier molecular flexibility index (Phi) is 5.33. The Balaban J connectivity index is 2.35. The number of esters is 1. The van der Waals surface area contributed by atoms with E-state index in [0.29, 0.717) is 10.9 Å². The minimum atomic E-state index is -1.31. The number of ether oxygens (including phenoxy) is 1. The van der Waals surface area contributed by atoms with Crippen LogP contribution < -0.4 is 5.63 Å². The molecule has 6 heteroatoms. The molecule has 0 aliphatic heterocycles. The maximum Gasteiger partial charge on any atom is 0.336 e. The van der Waals surface area contributed by atoms with Crippen molar-refractivity contribution < 1.29 is 24.2 Å².